The van der Waals surface area contributed by atoms with Gasteiger partial charge in [0.15, 0.2) is 15.0 Å². The lowest BCUT2D eigenvalue weighted by atomic mass is 10.1. The summed E-state index contributed by atoms with van der Waals surface area (Å²) in [6.07, 6.45) is 1.04. The fourth-order valence-corrected chi connectivity index (χ4v) is 7.45. The van der Waals surface area contributed by atoms with E-state index in [4.69, 9.17) is 32.9 Å². The first-order valence-electron chi connectivity index (χ1n) is 9.53. The monoisotopic (exact) mass is 560 g/mol. The number of hydrogen-bond acceptors (Lipinski definition) is 6. The SMILES string of the molecule is COc1ccc(Br)cc1S(=O)(=O)C1CCN(c2nc(-c3ccc(Cl)cc3Cl)cs2)CC1. The first-order chi connectivity index (χ1) is 14.8. The van der Waals surface area contributed by atoms with Gasteiger partial charge in [0.2, 0.25) is 0 Å². The molecule has 0 radical (unpaired) electrons. The lowest BCUT2D eigenvalue weighted by Crippen LogP contribution is -2.39. The molecule has 1 aliphatic heterocycles. The van der Waals surface area contributed by atoms with E-state index < -0.39 is 15.1 Å². The smallest absolute Gasteiger partial charge is 0.185 e. The van der Waals surface area contributed by atoms with Crippen LogP contribution in [0, 0.1) is 0 Å². The second-order valence-corrected chi connectivity index (χ2v) is 12.0. The highest BCUT2D eigenvalue weighted by Crippen LogP contribution is 2.36. The molecule has 0 bridgehead atoms. The van der Waals surface area contributed by atoms with E-state index >= 15 is 0 Å². The average Bonchev–Trinajstić information content (AvgIpc) is 3.23. The zero-order chi connectivity index (χ0) is 22.2. The van der Waals surface area contributed by atoms with E-state index in [1.807, 2.05) is 11.4 Å². The summed E-state index contributed by atoms with van der Waals surface area (Å²) in [6.45, 7) is 1.23. The zero-order valence-corrected chi connectivity index (χ0v) is 21.2. The first-order valence-corrected chi connectivity index (χ1v) is 13.5. The summed E-state index contributed by atoms with van der Waals surface area (Å²) in [7, 11) is -2.03. The fraction of sp³-hybridized carbons (Fsp3) is 0.286. The molecule has 5 nitrogen and oxygen atoms in total. The molecule has 0 aliphatic carbocycles. The Labute approximate surface area is 204 Å². The summed E-state index contributed by atoms with van der Waals surface area (Å²) in [4.78, 5) is 7.08. The van der Waals surface area contributed by atoms with E-state index in [1.165, 1.54) is 18.4 Å². The quantitative estimate of drug-likeness (QED) is 0.364. The van der Waals surface area contributed by atoms with Crippen molar-refractivity contribution in [2.45, 2.75) is 23.0 Å². The lowest BCUT2D eigenvalue weighted by molar-refractivity contribution is 0.401. The molecule has 1 aromatic heterocycles. The van der Waals surface area contributed by atoms with Crippen LogP contribution < -0.4 is 9.64 Å². The number of ether oxygens (including phenoxy) is 1. The van der Waals surface area contributed by atoms with E-state index in [0.29, 0.717) is 46.2 Å². The number of piperidine rings is 1. The van der Waals surface area contributed by atoms with Crippen molar-refractivity contribution in [2.75, 3.05) is 25.1 Å². The lowest BCUT2D eigenvalue weighted by Gasteiger charge is -2.31. The maximum Gasteiger partial charge on any atom is 0.185 e. The number of sulfone groups is 1. The normalized spacial score (nSPS) is 15.3. The van der Waals surface area contributed by atoms with Gasteiger partial charge in [0.25, 0.3) is 0 Å². The highest BCUT2D eigenvalue weighted by Gasteiger charge is 2.34. The summed E-state index contributed by atoms with van der Waals surface area (Å²) in [5.41, 5.74) is 1.61. The number of benzene rings is 2. The molecule has 0 N–H and O–H groups in total. The number of thiazole rings is 1. The van der Waals surface area contributed by atoms with Gasteiger partial charge < -0.3 is 9.64 Å². The van der Waals surface area contributed by atoms with Crippen molar-refractivity contribution in [2.24, 2.45) is 0 Å². The van der Waals surface area contributed by atoms with Crippen molar-refractivity contribution in [3.05, 3.63) is 56.3 Å². The van der Waals surface area contributed by atoms with Gasteiger partial charge in [-0.25, -0.2) is 13.4 Å². The van der Waals surface area contributed by atoms with Crippen LogP contribution in [-0.4, -0.2) is 38.9 Å². The standard InChI is InChI=1S/C21H19BrCl2N2O3S2/c1-29-19-5-2-13(22)10-20(19)31(27,28)15-6-8-26(9-7-15)21-25-18(12-30-21)16-4-3-14(23)11-17(16)24/h2-5,10-12,15H,6-9H2,1H3. The van der Waals surface area contributed by atoms with E-state index in [0.717, 1.165) is 16.4 Å². The molecule has 2 heterocycles. The predicted octanol–water partition coefficient (Wildman–Crippen LogP) is 6.33. The summed E-state index contributed by atoms with van der Waals surface area (Å²) < 4.78 is 32.5. The van der Waals surface area contributed by atoms with Crippen LogP contribution in [0.15, 0.2) is 51.1 Å². The summed E-state index contributed by atoms with van der Waals surface area (Å²) in [6, 6.07) is 10.4. The molecule has 1 saturated heterocycles. The van der Waals surface area contributed by atoms with Gasteiger partial charge in [0.1, 0.15) is 10.6 Å². The van der Waals surface area contributed by atoms with Crippen LogP contribution >= 0.6 is 50.5 Å². The van der Waals surface area contributed by atoms with Gasteiger partial charge >= 0.3 is 0 Å². The molecule has 0 saturated carbocycles. The second kappa shape index (κ2) is 9.27. The van der Waals surface area contributed by atoms with Gasteiger partial charge in [-0.15, -0.1) is 11.3 Å². The molecule has 10 heteroatoms. The van der Waals surface area contributed by atoms with Crippen molar-refractivity contribution in [3.8, 4) is 17.0 Å². The molecule has 0 spiro atoms. The Morgan fingerprint density at radius 2 is 1.90 bits per heavy atom. The molecule has 31 heavy (non-hydrogen) atoms. The number of anilines is 1. The van der Waals surface area contributed by atoms with Crippen LogP contribution in [0.25, 0.3) is 11.3 Å². The second-order valence-electron chi connectivity index (χ2n) is 7.17. The number of halogens is 3. The van der Waals surface area contributed by atoms with Gasteiger partial charge in [-0.2, -0.15) is 0 Å². The van der Waals surface area contributed by atoms with Gasteiger partial charge in [-0.1, -0.05) is 39.1 Å². The molecule has 1 fully saturated rings. The van der Waals surface area contributed by atoms with Crippen molar-refractivity contribution >= 4 is 65.4 Å². The van der Waals surface area contributed by atoms with Crippen LogP contribution in [0.1, 0.15) is 12.8 Å². The Balaban J connectivity index is 1.49. The van der Waals surface area contributed by atoms with Crippen LogP contribution in [0.2, 0.25) is 10.0 Å². The molecule has 4 rings (SSSR count). The average molecular weight is 562 g/mol. The minimum atomic E-state index is -3.51. The van der Waals surface area contributed by atoms with Gasteiger partial charge in [-0.05, 0) is 49.2 Å². The maximum absolute atomic E-state index is 13.3. The molecular formula is C21H19BrCl2N2O3S2. The minimum Gasteiger partial charge on any atom is -0.495 e. The number of aromatic nitrogens is 1. The summed E-state index contributed by atoms with van der Waals surface area (Å²) in [5, 5.41) is 3.49. The van der Waals surface area contributed by atoms with E-state index in [2.05, 4.69) is 20.8 Å². The molecule has 0 atom stereocenters. The Hall–Kier alpha value is -1.32. The van der Waals surface area contributed by atoms with Crippen LogP contribution in [0.3, 0.4) is 0 Å². The highest BCUT2D eigenvalue weighted by atomic mass is 79.9. The van der Waals surface area contributed by atoms with Crippen LogP contribution in [-0.2, 0) is 9.84 Å². The summed E-state index contributed by atoms with van der Waals surface area (Å²) >= 11 is 17.2. The molecule has 1 aliphatic rings. The van der Waals surface area contributed by atoms with Crippen molar-refractivity contribution in [1.82, 2.24) is 4.98 Å². The first kappa shape index (κ1) is 22.9. The predicted molar refractivity (Wildman–Crippen MR) is 131 cm³/mol. The Kier molecular flexibility index (Phi) is 6.84. The Bertz CT molecular complexity index is 1210. The van der Waals surface area contributed by atoms with Gasteiger partial charge in [0, 0.05) is 33.5 Å². The van der Waals surface area contributed by atoms with Gasteiger partial charge in [0.05, 0.1) is 23.1 Å². The topological polar surface area (TPSA) is 59.5 Å². The Morgan fingerprint density at radius 1 is 1.16 bits per heavy atom. The van der Waals surface area contributed by atoms with Gasteiger partial charge in [-0.3, -0.25) is 0 Å². The number of hydrogen-bond donors (Lipinski definition) is 0. The molecule has 0 unspecified atom stereocenters. The van der Waals surface area contributed by atoms with Crippen molar-refractivity contribution in [1.29, 1.82) is 0 Å². The van der Waals surface area contributed by atoms with E-state index in [1.54, 1.807) is 30.3 Å². The zero-order valence-electron chi connectivity index (χ0n) is 16.5. The molecule has 164 valence electrons. The number of methoxy groups -OCH3 is 1. The highest BCUT2D eigenvalue weighted by molar-refractivity contribution is 9.10. The molecule has 0 amide bonds. The van der Waals surface area contributed by atoms with Crippen LogP contribution in [0.4, 0.5) is 5.13 Å². The third kappa shape index (κ3) is 4.73. The number of rotatable bonds is 5. The molecule has 3 aromatic rings. The fourth-order valence-electron chi connectivity index (χ4n) is 3.64. The maximum atomic E-state index is 13.3. The van der Waals surface area contributed by atoms with Crippen molar-refractivity contribution in [3.63, 3.8) is 0 Å². The third-order valence-electron chi connectivity index (χ3n) is 5.28. The van der Waals surface area contributed by atoms with Crippen molar-refractivity contribution < 1.29 is 13.2 Å². The molecular weight excluding hydrogens is 543 g/mol. The summed E-state index contributed by atoms with van der Waals surface area (Å²) in [5.74, 6) is 0.370. The minimum absolute atomic E-state index is 0.233. The van der Waals surface area contributed by atoms with Crippen LogP contribution in [0.5, 0.6) is 5.75 Å². The van der Waals surface area contributed by atoms with E-state index in [9.17, 15) is 8.42 Å². The molecule has 2 aromatic carbocycles. The van der Waals surface area contributed by atoms with E-state index in [-0.39, 0.29) is 4.90 Å². The third-order valence-corrected chi connectivity index (χ3v) is 9.51. The largest absolute Gasteiger partial charge is 0.495 e. The Morgan fingerprint density at radius 3 is 2.58 bits per heavy atom. The number of nitrogens with zero attached hydrogens (tertiary/aromatic N) is 2.